The number of nitriles is 1. The number of ketones is 1. The van der Waals surface area contributed by atoms with Gasteiger partial charge in [0.15, 0.2) is 0 Å². The lowest BCUT2D eigenvalue weighted by atomic mass is 9.87. The summed E-state index contributed by atoms with van der Waals surface area (Å²) in [6.07, 6.45) is 4.39. The minimum Gasteiger partial charge on any atom is -0.449 e. The van der Waals surface area contributed by atoms with Crippen molar-refractivity contribution in [2.24, 2.45) is 5.92 Å². The number of ether oxygens (including phenoxy) is 1. The average molecular weight is 488 g/mol. The number of nitrogens with one attached hydrogen (secondary N) is 1. The summed E-state index contributed by atoms with van der Waals surface area (Å²) in [7, 11) is 0. The van der Waals surface area contributed by atoms with Gasteiger partial charge in [0.25, 0.3) is 0 Å². The molecule has 7 heteroatoms. The summed E-state index contributed by atoms with van der Waals surface area (Å²) in [5, 5.41) is 12.6. The zero-order chi connectivity index (χ0) is 24.6. The number of carbonyl (C=O) groups excluding carboxylic acids is 2. The summed E-state index contributed by atoms with van der Waals surface area (Å²) in [5.74, 6) is 0.370. The van der Waals surface area contributed by atoms with Crippen LogP contribution in [0.1, 0.15) is 57.8 Å². The molecule has 1 amide bonds. The summed E-state index contributed by atoms with van der Waals surface area (Å²) >= 11 is 1.57. The van der Waals surface area contributed by atoms with E-state index in [1.165, 1.54) is 0 Å². The molecule has 180 valence electrons. The summed E-state index contributed by atoms with van der Waals surface area (Å²) < 4.78 is 5.46. The van der Waals surface area contributed by atoms with Gasteiger partial charge in [0.1, 0.15) is 11.9 Å². The van der Waals surface area contributed by atoms with Crippen LogP contribution in [0, 0.1) is 17.2 Å². The topological polar surface area (TPSA) is 92.1 Å². The Kier molecular flexibility index (Phi) is 8.27. The number of Topliss-reactive ketones (excluding diaryl/α,β-unsaturated/α-hetero) is 1. The third-order valence-electron chi connectivity index (χ3n) is 6.37. The van der Waals surface area contributed by atoms with E-state index in [1.807, 2.05) is 55.5 Å². The third kappa shape index (κ3) is 6.55. The first-order valence-electron chi connectivity index (χ1n) is 11.9. The SMILES string of the molecule is CC(CC(=O)Cc1sc2c(c1C#N)CCC(COC(=O)NCc1ccccc1)C2)c1ccccn1. The first kappa shape index (κ1) is 24.6. The number of fused-ring (bicyclic) bond motifs is 1. The van der Waals surface area contributed by atoms with E-state index < -0.39 is 6.09 Å². The predicted molar refractivity (Wildman–Crippen MR) is 135 cm³/mol. The first-order valence-corrected chi connectivity index (χ1v) is 12.8. The normalized spacial score (nSPS) is 15.5. The molecule has 0 aliphatic heterocycles. The van der Waals surface area contributed by atoms with Crippen molar-refractivity contribution < 1.29 is 14.3 Å². The molecule has 0 radical (unpaired) electrons. The minimum absolute atomic E-state index is 0.0402. The molecule has 4 rings (SSSR count). The van der Waals surface area contributed by atoms with Crippen LogP contribution in [0.4, 0.5) is 4.79 Å². The highest BCUT2D eigenvalue weighted by Crippen LogP contribution is 2.37. The molecule has 2 heterocycles. The smallest absolute Gasteiger partial charge is 0.407 e. The second-order valence-electron chi connectivity index (χ2n) is 9.04. The molecule has 0 saturated heterocycles. The van der Waals surface area contributed by atoms with Crippen LogP contribution >= 0.6 is 11.3 Å². The quantitative estimate of drug-likeness (QED) is 0.439. The molecular formula is C28H29N3O3S. The number of pyridine rings is 1. The van der Waals surface area contributed by atoms with E-state index in [1.54, 1.807) is 17.5 Å². The Balaban J connectivity index is 1.30. The zero-order valence-corrected chi connectivity index (χ0v) is 20.6. The largest absolute Gasteiger partial charge is 0.449 e. The van der Waals surface area contributed by atoms with Crippen LogP contribution in [0.3, 0.4) is 0 Å². The molecule has 2 unspecified atom stereocenters. The molecule has 0 fully saturated rings. The molecule has 2 aromatic heterocycles. The van der Waals surface area contributed by atoms with Crippen molar-refractivity contribution in [1.82, 2.24) is 10.3 Å². The molecule has 1 aliphatic carbocycles. The van der Waals surface area contributed by atoms with Gasteiger partial charge in [0.2, 0.25) is 0 Å². The Bertz CT molecular complexity index is 1200. The Morgan fingerprint density at radius 2 is 2.03 bits per heavy atom. The Morgan fingerprint density at radius 1 is 1.23 bits per heavy atom. The molecule has 6 nitrogen and oxygen atoms in total. The maximum absolute atomic E-state index is 12.8. The van der Waals surface area contributed by atoms with Gasteiger partial charge in [-0.25, -0.2) is 4.79 Å². The Labute approximate surface area is 210 Å². The van der Waals surface area contributed by atoms with E-state index in [0.29, 0.717) is 25.1 Å². The standard InChI is InChI=1S/C28H29N3O3S/c1-19(25-9-5-6-12-30-25)13-22(32)15-27-24(16-29)23-11-10-21(14-26(23)35-27)18-34-28(33)31-17-20-7-3-2-4-8-20/h2-9,12,19,21H,10-11,13-15,17-18H2,1H3,(H,31,33). The fourth-order valence-corrected chi connectivity index (χ4v) is 5.93. The Morgan fingerprint density at radius 3 is 2.77 bits per heavy atom. The van der Waals surface area contributed by atoms with Gasteiger partial charge in [-0.2, -0.15) is 5.26 Å². The van der Waals surface area contributed by atoms with E-state index in [4.69, 9.17) is 4.74 Å². The number of hydrogen-bond donors (Lipinski definition) is 1. The second-order valence-corrected chi connectivity index (χ2v) is 10.2. The molecule has 35 heavy (non-hydrogen) atoms. The number of rotatable bonds is 9. The number of benzene rings is 1. The van der Waals surface area contributed by atoms with Gasteiger partial charge in [-0.05, 0) is 48.4 Å². The number of hydrogen-bond acceptors (Lipinski definition) is 6. The van der Waals surface area contributed by atoms with Gasteiger partial charge in [-0.3, -0.25) is 9.78 Å². The van der Waals surface area contributed by atoms with Crippen LogP contribution in [0.5, 0.6) is 0 Å². The minimum atomic E-state index is -0.420. The lowest BCUT2D eigenvalue weighted by molar-refractivity contribution is -0.118. The molecule has 1 N–H and O–H groups in total. The van der Waals surface area contributed by atoms with E-state index >= 15 is 0 Å². The maximum Gasteiger partial charge on any atom is 0.407 e. The first-order chi connectivity index (χ1) is 17.0. The van der Waals surface area contributed by atoms with E-state index in [9.17, 15) is 14.9 Å². The summed E-state index contributed by atoms with van der Waals surface area (Å²) in [5.41, 5.74) is 3.67. The van der Waals surface area contributed by atoms with Gasteiger partial charge in [0, 0.05) is 46.9 Å². The number of amides is 1. The number of alkyl carbamates (subject to hydrolysis) is 1. The van der Waals surface area contributed by atoms with Crippen molar-refractivity contribution in [3.8, 4) is 6.07 Å². The lowest BCUT2D eigenvalue weighted by Gasteiger charge is -2.22. The molecule has 1 aliphatic rings. The number of carbonyl (C=O) groups is 2. The highest BCUT2D eigenvalue weighted by atomic mass is 32.1. The third-order valence-corrected chi connectivity index (χ3v) is 7.62. The molecule has 0 bridgehead atoms. The van der Waals surface area contributed by atoms with Crippen molar-refractivity contribution in [2.45, 2.75) is 51.5 Å². The Hall–Kier alpha value is -3.50. The van der Waals surface area contributed by atoms with Crippen LogP contribution < -0.4 is 5.32 Å². The van der Waals surface area contributed by atoms with E-state index in [0.717, 1.165) is 45.8 Å². The molecule has 2 atom stereocenters. The second kappa shape index (κ2) is 11.8. The maximum atomic E-state index is 12.8. The molecule has 1 aromatic carbocycles. The van der Waals surface area contributed by atoms with Crippen LogP contribution in [-0.4, -0.2) is 23.5 Å². The summed E-state index contributed by atoms with van der Waals surface area (Å²) in [6, 6.07) is 17.8. The average Bonchev–Trinajstić information content (AvgIpc) is 3.23. The number of thiophene rings is 1. The van der Waals surface area contributed by atoms with Gasteiger partial charge in [0.05, 0.1) is 12.2 Å². The number of aromatic nitrogens is 1. The van der Waals surface area contributed by atoms with Crippen molar-refractivity contribution in [2.75, 3.05) is 6.61 Å². The van der Waals surface area contributed by atoms with Crippen molar-refractivity contribution >= 4 is 23.2 Å². The van der Waals surface area contributed by atoms with Gasteiger partial charge in [-0.15, -0.1) is 11.3 Å². The van der Waals surface area contributed by atoms with E-state index in [-0.39, 0.29) is 24.0 Å². The van der Waals surface area contributed by atoms with Gasteiger partial charge in [-0.1, -0.05) is 43.3 Å². The van der Waals surface area contributed by atoms with Gasteiger partial charge >= 0.3 is 6.09 Å². The van der Waals surface area contributed by atoms with Crippen molar-refractivity contribution in [3.63, 3.8) is 0 Å². The fraction of sp³-hybridized carbons (Fsp3) is 0.357. The number of nitrogens with zero attached hydrogens (tertiary/aromatic N) is 2. The summed E-state index contributed by atoms with van der Waals surface area (Å²) in [6.45, 7) is 2.78. The molecular weight excluding hydrogens is 458 g/mol. The van der Waals surface area contributed by atoms with Crippen LogP contribution in [0.2, 0.25) is 0 Å². The van der Waals surface area contributed by atoms with Crippen LogP contribution in [0.15, 0.2) is 54.7 Å². The molecule has 0 saturated carbocycles. The lowest BCUT2D eigenvalue weighted by Crippen LogP contribution is -2.27. The van der Waals surface area contributed by atoms with Crippen molar-refractivity contribution in [3.05, 3.63) is 86.9 Å². The van der Waals surface area contributed by atoms with Crippen LogP contribution in [0.25, 0.3) is 0 Å². The monoisotopic (exact) mass is 487 g/mol. The molecule has 0 spiro atoms. The predicted octanol–water partition coefficient (Wildman–Crippen LogP) is 5.35. The summed E-state index contributed by atoms with van der Waals surface area (Å²) in [4.78, 5) is 31.2. The highest BCUT2D eigenvalue weighted by molar-refractivity contribution is 7.12. The van der Waals surface area contributed by atoms with Crippen molar-refractivity contribution in [1.29, 1.82) is 5.26 Å². The van der Waals surface area contributed by atoms with Crippen LogP contribution in [-0.2, 0) is 35.3 Å². The van der Waals surface area contributed by atoms with E-state index in [2.05, 4.69) is 16.4 Å². The zero-order valence-electron chi connectivity index (χ0n) is 19.8. The highest BCUT2D eigenvalue weighted by Gasteiger charge is 2.27. The molecule has 3 aromatic rings. The van der Waals surface area contributed by atoms with Gasteiger partial charge < -0.3 is 10.1 Å². The fourth-order valence-electron chi connectivity index (χ4n) is 4.49.